The van der Waals surface area contributed by atoms with E-state index in [2.05, 4.69) is 10.4 Å². The lowest BCUT2D eigenvalue weighted by atomic mass is 10.0. The molecule has 2 atom stereocenters. The van der Waals surface area contributed by atoms with Gasteiger partial charge in [-0.1, -0.05) is 6.92 Å². The van der Waals surface area contributed by atoms with E-state index in [9.17, 15) is 32.3 Å². The zero-order valence-corrected chi connectivity index (χ0v) is 18.3. The number of aliphatic hydroxyl groups excluding tert-OH is 1. The van der Waals surface area contributed by atoms with Gasteiger partial charge in [0.05, 0.1) is 23.9 Å². The molecule has 0 spiro atoms. The zero-order chi connectivity index (χ0) is 24.8. The molecule has 34 heavy (non-hydrogen) atoms. The molecule has 13 heteroatoms. The molecule has 0 aliphatic carbocycles. The van der Waals surface area contributed by atoms with E-state index in [1.807, 2.05) is 6.92 Å². The lowest BCUT2D eigenvalue weighted by molar-refractivity contribution is -0.139. The largest absolute Gasteiger partial charge is 0.419 e. The van der Waals surface area contributed by atoms with Gasteiger partial charge in [-0.25, -0.2) is 15.0 Å². The number of fused-ring (bicyclic) bond motifs is 3. The van der Waals surface area contributed by atoms with Crippen LogP contribution in [0.4, 0.5) is 28.0 Å². The van der Waals surface area contributed by atoms with Gasteiger partial charge in [-0.05, 0) is 24.6 Å². The Bertz CT molecular complexity index is 1120. The third-order valence-corrected chi connectivity index (χ3v) is 6.18. The van der Waals surface area contributed by atoms with Crippen molar-refractivity contribution in [3.63, 3.8) is 0 Å². The molecule has 2 unspecified atom stereocenters. The summed E-state index contributed by atoms with van der Waals surface area (Å²) >= 11 is 0. The van der Waals surface area contributed by atoms with E-state index >= 15 is 0 Å². The SMILES string of the molecule is CCC(O)C1CN(N)C(=O)c2c3c(nn2C1)CCN(C(=O)Nc1ccc(F)c(C(F)(F)F)c1)C3. The number of nitrogens with zero attached hydrogens (tertiary/aromatic N) is 4. The monoisotopic (exact) mass is 484 g/mol. The molecule has 2 aliphatic heterocycles. The number of benzene rings is 1. The number of aliphatic hydroxyl groups is 1. The summed E-state index contributed by atoms with van der Waals surface area (Å²) in [5, 5.41) is 18.2. The number of hydrazine groups is 1. The summed E-state index contributed by atoms with van der Waals surface area (Å²) in [5.74, 6) is 3.70. The van der Waals surface area contributed by atoms with Crippen LogP contribution in [-0.4, -0.2) is 55.9 Å². The molecule has 0 saturated carbocycles. The van der Waals surface area contributed by atoms with E-state index in [1.54, 1.807) is 0 Å². The average Bonchev–Trinajstić information content (AvgIpc) is 3.08. The number of urea groups is 1. The summed E-state index contributed by atoms with van der Waals surface area (Å²) in [7, 11) is 0. The van der Waals surface area contributed by atoms with Gasteiger partial charge >= 0.3 is 12.2 Å². The molecule has 4 N–H and O–H groups in total. The Labute approximate surface area is 192 Å². The fourth-order valence-corrected chi connectivity index (χ4v) is 4.32. The van der Waals surface area contributed by atoms with Crippen LogP contribution in [0.5, 0.6) is 0 Å². The lowest BCUT2D eigenvalue weighted by Gasteiger charge is -2.27. The second kappa shape index (κ2) is 8.87. The first-order valence-corrected chi connectivity index (χ1v) is 10.8. The smallest absolute Gasteiger partial charge is 0.393 e. The van der Waals surface area contributed by atoms with Crippen LogP contribution in [0, 0.1) is 11.7 Å². The summed E-state index contributed by atoms with van der Waals surface area (Å²) < 4.78 is 54.0. The number of carbonyl (C=O) groups is 2. The van der Waals surface area contributed by atoms with E-state index in [0.29, 0.717) is 36.2 Å². The Balaban J connectivity index is 1.56. The third kappa shape index (κ3) is 4.44. The number of alkyl halides is 3. The third-order valence-electron chi connectivity index (χ3n) is 6.18. The minimum Gasteiger partial charge on any atom is -0.393 e. The molecule has 0 saturated heterocycles. The van der Waals surface area contributed by atoms with Crippen molar-refractivity contribution in [2.75, 3.05) is 18.4 Å². The topological polar surface area (TPSA) is 117 Å². The van der Waals surface area contributed by atoms with Gasteiger partial charge in [-0.3, -0.25) is 14.5 Å². The number of amides is 3. The zero-order valence-electron chi connectivity index (χ0n) is 18.3. The van der Waals surface area contributed by atoms with E-state index in [-0.39, 0.29) is 43.5 Å². The highest BCUT2D eigenvalue weighted by Gasteiger charge is 2.37. The van der Waals surface area contributed by atoms with Crippen molar-refractivity contribution in [1.29, 1.82) is 0 Å². The predicted molar refractivity (Wildman–Crippen MR) is 112 cm³/mol. The Kier molecular flexibility index (Phi) is 6.25. The molecule has 2 aromatic rings. The van der Waals surface area contributed by atoms with Crippen molar-refractivity contribution in [3.8, 4) is 0 Å². The maximum Gasteiger partial charge on any atom is 0.419 e. The normalized spacial score (nSPS) is 19.4. The molecular weight excluding hydrogens is 460 g/mol. The molecule has 3 heterocycles. The van der Waals surface area contributed by atoms with Crippen molar-refractivity contribution >= 4 is 17.6 Å². The highest BCUT2D eigenvalue weighted by molar-refractivity contribution is 5.95. The molecule has 0 bridgehead atoms. The van der Waals surface area contributed by atoms with Gasteiger partial charge in [0, 0.05) is 43.2 Å². The minimum absolute atomic E-state index is 0.00952. The van der Waals surface area contributed by atoms with Crippen molar-refractivity contribution in [3.05, 3.63) is 46.5 Å². The molecule has 184 valence electrons. The van der Waals surface area contributed by atoms with Crippen molar-refractivity contribution in [2.45, 2.75) is 45.1 Å². The predicted octanol–water partition coefficient (Wildman–Crippen LogP) is 2.35. The maximum atomic E-state index is 13.5. The number of halogens is 4. The Morgan fingerprint density at radius 1 is 1.35 bits per heavy atom. The average molecular weight is 484 g/mol. The number of hydrogen-bond acceptors (Lipinski definition) is 5. The fourth-order valence-electron chi connectivity index (χ4n) is 4.32. The van der Waals surface area contributed by atoms with Crippen molar-refractivity contribution < 1.29 is 32.3 Å². The first-order chi connectivity index (χ1) is 16.0. The lowest BCUT2D eigenvalue weighted by Crippen LogP contribution is -2.43. The van der Waals surface area contributed by atoms with Gasteiger partial charge in [0.15, 0.2) is 0 Å². The second-order valence-electron chi connectivity index (χ2n) is 8.44. The fraction of sp³-hybridized carbons (Fsp3) is 0.476. The highest BCUT2D eigenvalue weighted by Crippen LogP contribution is 2.33. The first kappa shape index (κ1) is 24.0. The summed E-state index contributed by atoms with van der Waals surface area (Å²) in [4.78, 5) is 27.1. The molecule has 4 rings (SSSR count). The molecule has 1 aromatic carbocycles. The first-order valence-electron chi connectivity index (χ1n) is 10.8. The second-order valence-corrected chi connectivity index (χ2v) is 8.44. The Morgan fingerprint density at radius 3 is 2.76 bits per heavy atom. The number of rotatable bonds is 3. The van der Waals surface area contributed by atoms with E-state index in [0.717, 1.165) is 11.1 Å². The van der Waals surface area contributed by atoms with Crippen LogP contribution in [0.25, 0.3) is 0 Å². The van der Waals surface area contributed by atoms with Crippen LogP contribution in [0.15, 0.2) is 18.2 Å². The van der Waals surface area contributed by atoms with Gasteiger partial charge in [0.2, 0.25) is 0 Å². The Hall–Kier alpha value is -3.19. The van der Waals surface area contributed by atoms with E-state index in [1.165, 1.54) is 9.58 Å². The molecule has 2 aliphatic rings. The van der Waals surface area contributed by atoms with E-state index in [4.69, 9.17) is 5.84 Å². The Morgan fingerprint density at radius 2 is 2.09 bits per heavy atom. The van der Waals surface area contributed by atoms with Crippen LogP contribution in [0.2, 0.25) is 0 Å². The minimum atomic E-state index is -4.90. The summed E-state index contributed by atoms with van der Waals surface area (Å²) in [6, 6.07) is 1.51. The van der Waals surface area contributed by atoms with E-state index < -0.39 is 35.6 Å². The quantitative estimate of drug-likeness (QED) is 0.351. The number of carbonyl (C=O) groups excluding carboxylic acids is 2. The van der Waals surface area contributed by atoms with Crippen molar-refractivity contribution in [2.24, 2.45) is 11.8 Å². The summed E-state index contributed by atoms with van der Waals surface area (Å²) in [5.41, 5.74) is -0.344. The van der Waals surface area contributed by atoms with Gasteiger partial charge in [-0.15, -0.1) is 0 Å². The molecule has 0 radical (unpaired) electrons. The molecule has 3 amide bonds. The number of aromatic nitrogens is 2. The number of hydrogen-bond donors (Lipinski definition) is 3. The van der Waals surface area contributed by atoms with Gasteiger partial charge in [0.25, 0.3) is 5.91 Å². The molecule has 9 nitrogen and oxygen atoms in total. The van der Waals surface area contributed by atoms with Crippen LogP contribution in [0.1, 0.15) is 40.7 Å². The number of nitrogens with two attached hydrogens (primary N) is 1. The molecule has 1 aromatic heterocycles. The summed E-state index contributed by atoms with van der Waals surface area (Å²) in [6.45, 7) is 2.44. The summed E-state index contributed by atoms with van der Waals surface area (Å²) in [6.07, 6.45) is -4.78. The number of nitrogens with one attached hydrogen (secondary N) is 1. The maximum absolute atomic E-state index is 13.5. The van der Waals surface area contributed by atoms with Crippen LogP contribution < -0.4 is 11.2 Å². The standard InChI is InChI=1S/C21H24F4N6O3/c1-2-17(32)11-8-30(26)19(33)18-13-10-29(6-5-16(13)28-31(18)9-11)20(34)27-12-3-4-15(22)14(7-12)21(23,24)25/h3-4,7,11,17,32H,2,5-6,8-10,26H2,1H3,(H,27,34). The van der Waals surface area contributed by atoms with Gasteiger partial charge < -0.3 is 15.3 Å². The van der Waals surface area contributed by atoms with Crippen LogP contribution in [0.3, 0.4) is 0 Å². The molecule has 0 fully saturated rings. The van der Waals surface area contributed by atoms with Gasteiger partial charge in [0.1, 0.15) is 11.5 Å². The van der Waals surface area contributed by atoms with Gasteiger partial charge in [-0.2, -0.15) is 18.3 Å². The number of anilines is 1. The van der Waals surface area contributed by atoms with Crippen molar-refractivity contribution in [1.82, 2.24) is 19.7 Å². The molecular formula is C21H24F4N6O3. The van der Waals surface area contributed by atoms with Crippen LogP contribution in [-0.2, 0) is 25.7 Å². The highest BCUT2D eigenvalue weighted by atomic mass is 19.4. The van der Waals surface area contributed by atoms with Crippen LogP contribution >= 0.6 is 0 Å².